The summed E-state index contributed by atoms with van der Waals surface area (Å²) < 4.78 is 43.1. The van der Waals surface area contributed by atoms with Crippen molar-refractivity contribution in [3.63, 3.8) is 0 Å². The molecule has 0 bridgehead atoms. The molecule has 0 fully saturated rings. The molecule has 0 aliphatic heterocycles. The molecule has 0 radical (unpaired) electrons. The van der Waals surface area contributed by atoms with Crippen LogP contribution in [0.5, 0.6) is 5.75 Å². The first-order valence-electron chi connectivity index (χ1n) is 13.7. The quantitative estimate of drug-likeness (QED) is 0.128. The van der Waals surface area contributed by atoms with Crippen LogP contribution in [0, 0.1) is 0 Å². The van der Waals surface area contributed by atoms with E-state index in [1.807, 2.05) is 13.8 Å². The molecule has 0 atom stereocenters. The van der Waals surface area contributed by atoms with Crippen molar-refractivity contribution in [2.24, 2.45) is 0 Å². The molecule has 232 valence electrons. The van der Waals surface area contributed by atoms with Crippen LogP contribution in [0.15, 0.2) is 16.9 Å². The van der Waals surface area contributed by atoms with Crippen LogP contribution in [-0.4, -0.2) is 121 Å². The lowest BCUT2D eigenvalue weighted by Gasteiger charge is -2.08. The van der Waals surface area contributed by atoms with Crippen molar-refractivity contribution in [2.45, 2.75) is 33.0 Å². The lowest BCUT2D eigenvalue weighted by molar-refractivity contribution is -0.00767. The van der Waals surface area contributed by atoms with Crippen molar-refractivity contribution in [2.75, 3.05) is 106 Å². The smallest absolute Gasteiger partial charge is 0.225 e. The Morgan fingerprint density at radius 2 is 0.875 bits per heavy atom. The molecule has 0 aliphatic rings. The second-order valence-corrected chi connectivity index (χ2v) is 8.90. The maximum Gasteiger partial charge on any atom is 0.225 e. The molecule has 0 spiro atoms. The fourth-order valence-corrected chi connectivity index (χ4v) is 3.24. The van der Waals surface area contributed by atoms with E-state index in [4.69, 9.17) is 48.1 Å². The van der Waals surface area contributed by atoms with E-state index in [1.165, 1.54) is 0 Å². The van der Waals surface area contributed by atoms with Gasteiger partial charge in [0.25, 0.3) is 0 Å². The maximum absolute atomic E-state index is 12.9. The SMILES string of the molecule is CC(C)c1cc(COCCOCCOCCOCCO)c(O)c(=O)c(COCCOCCOCCOCCO)c1. The topological polar surface area (TPSA) is 152 Å². The molecule has 40 heavy (non-hydrogen) atoms. The summed E-state index contributed by atoms with van der Waals surface area (Å²) in [7, 11) is 0. The largest absolute Gasteiger partial charge is 0.504 e. The standard InChI is InChI=1S/C28H48O12/c1-23(2)24-19-25(21-39-17-15-37-13-11-35-9-7-33-5-3-29)27(31)28(32)26(20-24)22-40-18-16-38-14-12-36-10-8-34-6-4-30/h19-20,23,29-30H,3-18,21-22H2,1-2H3,(H,31,32). The fourth-order valence-electron chi connectivity index (χ4n) is 3.24. The van der Waals surface area contributed by atoms with E-state index < -0.39 is 5.43 Å². The lowest BCUT2D eigenvalue weighted by Crippen LogP contribution is -2.14. The second kappa shape index (κ2) is 25.0. The zero-order valence-corrected chi connectivity index (χ0v) is 24.0. The molecule has 12 heteroatoms. The minimum absolute atomic E-state index is 0.00801. The average molecular weight is 577 g/mol. The molecule has 0 heterocycles. The van der Waals surface area contributed by atoms with Crippen molar-refractivity contribution < 1.29 is 53.2 Å². The van der Waals surface area contributed by atoms with Crippen LogP contribution in [0.3, 0.4) is 0 Å². The number of hydrogen-bond acceptors (Lipinski definition) is 12. The average Bonchev–Trinajstić information content (AvgIpc) is 3.06. The van der Waals surface area contributed by atoms with Crippen LogP contribution in [0.25, 0.3) is 0 Å². The summed E-state index contributed by atoms with van der Waals surface area (Å²) in [5, 5.41) is 27.9. The second-order valence-electron chi connectivity index (χ2n) is 8.90. The highest BCUT2D eigenvalue weighted by Crippen LogP contribution is 2.21. The maximum atomic E-state index is 12.9. The molecule has 0 amide bonds. The number of aromatic hydroxyl groups is 1. The predicted molar refractivity (Wildman–Crippen MR) is 147 cm³/mol. The van der Waals surface area contributed by atoms with Gasteiger partial charge in [-0.1, -0.05) is 13.8 Å². The van der Waals surface area contributed by atoms with Gasteiger partial charge in [-0.3, -0.25) is 4.79 Å². The Labute approximate surface area is 237 Å². The number of rotatable bonds is 27. The molecule has 3 N–H and O–H groups in total. The van der Waals surface area contributed by atoms with Crippen LogP contribution in [0.4, 0.5) is 0 Å². The van der Waals surface area contributed by atoms with Gasteiger partial charge in [0.05, 0.1) is 119 Å². The van der Waals surface area contributed by atoms with E-state index in [2.05, 4.69) is 0 Å². The third-order valence-corrected chi connectivity index (χ3v) is 5.38. The molecule has 1 aromatic rings. The lowest BCUT2D eigenvalue weighted by atomic mass is 10.0. The normalized spacial score (nSPS) is 11.5. The third-order valence-electron chi connectivity index (χ3n) is 5.38. The summed E-state index contributed by atoms with van der Waals surface area (Å²) in [5.74, 6) is -0.224. The minimum atomic E-state index is -0.486. The Kier molecular flexibility index (Phi) is 22.7. The van der Waals surface area contributed by atoms with Crippen molar-refractivity contribution in [1.29, 1.82) is 0 Å². The van der Waals surface area contributed by atoms with Gasteiger partial charge in [0, 0.05) is 11.1 Å². The summed E-state index contributed by atoms with van der Waals surface area (Å²) in [6.07, 6.45) is 0. The Morgan fingerprint density at radius 1 is 0.550 bits per heavy atom. The number of aliphatic hydroxyl groups is 2. The number of aliphatic hydroxyl groups excluding tert-OH is 2. The fraction of sp³-hybridized carbons (Fsp3) is 0.750. The van der Waals surface area contributed by atoms with Crippen LogP contribution in [0.1, 0.15) is 36.5 Å². The minimum Gasteiger partial charge on any atom is -0.504 e. The van der Waals surface area contributed by atoms with Gasteiger partial charge in [-0.2, -0.15) is 0 Å². The molecule has 0 unspecified atom stereocenters. The Hall–Kier alpha value is -1.71. The van der Waals surface area contributed by atoms with Gasteiger partial charge in [-0.15, -0.1) is 0 Å². The van der Waals surface area contributed by atoms with E-state index in [0.29, 0.717) is 97.0 Å². The van der Waals surface area contributed by atoms with Crippen LogP contribution >= 0.6 is 0 Å². The molecule has 1 rings (SSSR count). The zero-order chi connectivity index (χ0) is 29.3. The molecule has 0 saturated carbocycles. The molecule has 0 aromatic heterocycles. The zero-order valence-electron chi connectivity index (χ0n) is 24.0. The number of hydrogen-bond donors (Lipinski definition) is 3. The highest BCUT2D eigenvalue weighted by molar-refractivity contribution is 5.38. The van der Waals surface area contributed by atoms with Gasteiger partial charge in [0.2, 0.25) is 5.43 Å². The molecule has 12 nitrogen and oxygen atoms in total. The summed E-state index contributed by atoms with van der Waals surface area (Å²) in [6.45, 7) is 9.33. The summed E-state index contributed by atoms with van der Waals surface area (Å²) in [4.78, 5) is 12.9. The highest BCUT2D eigenvalue weighted by atomic mass is 16.6. The van der Waals surface area contributed by atoms with Gasteiger partial charge < -0.3 is 53.2 Å². The van der Waals surface area contributed by atoms with E-state index in [-0.39, 0.29) is 44.7 Å². The van der Waals surface area contributed by atoms with Crippen molar-refractivity contribution in [3.8, 4) is 5.75 Å². The highest BCUT2D eigenvalue weighted by Gasteiger charge is 2.13. The van der Waals surface area contributed by atoms with Crippen molar-refractivity contribution in [3.05, 3.63) is 39.0 Å². The Balaban J connectivity index is 2.37. The predicted octanol–water partition coefficient (Wildman–Crippen LogP) is 0.993. The molecule has 0 aliphatic carbocycles. The van der Waals surface area contributed by atoms with Gasteiger partial charge in [-0.25, -0.2) is 0 Å². The van der Waals surface area contributed by atoms with Crippen molar-refractivity contribution >= 4 is 0 Å². The van der Waals surface area contributed by atoms with Crippen LogP contribution < -0.4 is 5.43 Å². The van der Waals surface area contributed by atoms with Crippen molar-refractivity contribution in [1.82, 2.24) is 0 Å². The summed E-state index contributed by atoms with van der Waals surface area (Å²) >= 11 is 0. The van der Waals surface area contributed by atoms with E-state index >= 15 is 0 Å². The van der Waals surface area contributed by atoms with Gasteiger partial charge >= 0.3 is 0 Å². The first kappa shape index (κ1) is 36.3. The van der Waals surface area contributed by atoms with Crippen LogP contribution in [0.2, 0.25) is 0 Å². The Morgan fingerprint density at radius 3 is 1.25 bits per heavy atom. The first-order chi connectivity index (χ1) is 19.5. The Bertz CT molecular complexity index is 805. The van der Waals surface area contributed by atoms with Gasteiger partial charge in [0.1, 0.15) is 0 Å². The first-order valence-corrected chi connectivity index (χ1v) is 13.7. The van der Waals surface area contributed by atoms with E-state index in [1.54, 1.807) is 12.1 Å². The molecular weight excluding hydrogens is 528 g/mol. The molecule has 1 aromatic carbocycles. The van der Waals surface area contributed by atoms with Crippen LogP contribution in [-0.2, 0) is 51.1 Å². The summed E-state index contributed by atoms with van der Waals surface area (Å²) in [5.41, 5.74) is 1.18. The summed E-state index contributed by atoms with van der Waals surface area (Å²) in [6, 6.07) is 3.55. The van der Waals surface area contributed by atoms with Gasteiger partial charge in [-0.05, 0) is 23.6 Å². The van der Waals surface area contributed by atoms with E-state index in [0.717, 1.165) is 5.56 Å². The third kappa shape index (κ3) is 17.9. The molecular formula is C28H48O12. The van der Waals surface area contributed by atoms with E-state index in [9.17, 15) is 9.90 Å². The van der Waals surface area contributed by atoms with Gasteiger partial charge in [0.15, 0.2) is 5.75 Å². The number of ether oxygens (including phenoxy) is 8. The monoisotopic (exact) mass is 576 g/mol. The molecule has 0 saturated heterocycles.